The molecule has 114 valence electrons. The van der Waals surface area contributed by atoms with E-state index in [1.54, 1.807) is 28.6 Å². The van der Waals surface area contributed by atoms with Crippen LogP contribution in [0.1, 0.15) is 30.4 Å². The monoisotopic (exact) mass is 307 g/mol. The molecule has 1 aromatic carbocycles. The minimum absolute atomic E-state index is 0.00107. The van der Waals surface area contributed by atoms with Crippen LogP contribution >= 0.6 is 0 Å². The van der Waals surface area contributed by atoms with Crippen LogP contribution in [0.15, 0.2) is 24.3 Å². The van der Waals surface area contributed by atoms with Crippen molar-refractivity contribution in [1.82, 2.24) is 9.62 Å². The number of rotatable bonds is 5. The molecule has 6 heteroatoms. The van der Waals surface area contributed by atoms with Gasteiger partial charge in [-0.25, -0.2) is 8.42 Å². The topological polar surface area (TPSA) is 73.2 Å². The summed E-state index contributed by atoms with van der Waals surface area (Å²) in [6, 6.07) is 8.83. The number of nitrogens with zero attached hydrogens (tertiary/aromatic N) is 2. The molecule has 1 saturated heterocycles. The van der Waals surface area contributed by atoms with Gasteiger partial charge < -0.3 is 5.32 Å². The Kier molecular flexibility index (Phi) is 5.34. The molecule has 2 rings (SSSR count). The number of benzene rings is 1. The average molecular weight is 307 g/mol. The second-order valence-corrected chi connectivity index (χ2v) is 7.30. The van der Waals surface area contributed by atoms with Crippen molar-refractivity contribution in [2.45, 2.75) is 31.1 Å². The van der Waals surface area contributed by atoms with Gasteiger partial charge in [0.2, 0.25) is 10.0 Å². The molecule has 0 saturated carbocycles. The van der Waals surface area contributed by atoms with Crippen molar-refractivity contribution >= 4 is 10.0 Å². The predicted octanol–water partition coefficient (Wildman–Crippen LogP) is 1.46. The molecule has 1 aliphatic rings. The minimum atomic E-state index is -3.32. The molecule has 5 nitrogen and oxygen atoms in total. The molecular formula is C15H21N3O2S. The van der Waals surface area contributed by atoms with Gasteiger partial charge in [0.1, 0.15) is 0 Å². The number of nitriles is 1. The lowest BCUT2D eigenvalue weighted by molar-refractivity contribution is 0.248. The van der Waals surface area contributed by atoms with E-state index in [-0.39, 0.29) is 11.8 Å². The molecule has 0 amide bonds. The highest BCUT2D eigenvalue weighted by molar-refractivity contribution is 7.88. The fourth-order valence-electron chi connectivity index (χ4n) is 2.75. The summed E-state index contributed by atoms with van der Waals surface area (Å²) in [5, 5.41) is 11.9. The molecule has 0 aliphatic carbocycles. The summed E-state index contributed by atoms with van der Waals surface area (Å²) >= 11 is 0. The zero-order valence-electron chi connectivity index (χ0n) is 12.2. The quantitative estimate of drug-likeness (QED) is 0.894. The molecule has 0 aromatic heterocycles. The normalized spacial score (nSPS) is 20.1. The molecule has 1 unspecified atom stereocenters. The van der Waals surface area contributed by atoms with Crippen molar-refractivity contribution in [1.29, 1.82) is 5.26 Å². The number of nitrogens with one attached hydrogen (secondary N) is 1. The fraction of sp³-hybridized carbons (Fsp3) is 0.533. The van der Waals surface area contributed by atoms with Crippen LogP contribution < -0.4 is 5.32 Å². The van der Waals surface area contributed by atoms with Crippen molar-refractivity contribution in [2.75, 3.05) is 20.1 Å². The highest BCUT2D eigenvalue weighted by Gasteiger charge is 2.31. The van der Waals surface area contributed by atoms with Crippen LogP contribution in [-0.2, 0) is 15.8 Å². The van der Waals surface area contributed by atoms with Gasteiger partial charge in [0.05, 0.1) is 17.4 Å². The maximum absolute atomic E-state index is 12.6. The van der Waals surface area contributed by atoms with Gasteiger partial charge in [0, 0.05) is 19.1 Å². The van der Waals surface area contributed by atoms with Gasteiger partial charge in [-0.05, 0) is 37.6 Å². The summed E-state index contributed by atoms with van der Waals surface area (Å²) in [4.78, 5) is 0. The lowest BCUT2D eigenvalue weighted by atomic mass is 10.1. The maximum Gasteiger partial charge on any atom is 0.218 e. The highest BCUT2D eigenvalue weighted by atomic mass is 32.2. The van der Waals surface area contributed by atoms with Crippen LogP contribution in [-0.4, -0.2) is 38.9 Å². The number of hydrogen-bond donors (Lipinski definition) is 1. The Morgan fingerprint density at radius 2 is 2.05 bits per heavy atom. The molecule has 1 aliphatic heterocycles. The van der Waals surface area contributed by atoms with Gasteiger partial charge >= 0.3 is 0 Å². The molecule has 21 heavy (non-hydrogen) atoms. The van der Waals surface area contributed by atoms with Gasteiger partial charge in [-0.1, -0.05) is 18.6 Å². The highest BCUT2D eigenvalue weighted by Crippen LogP contribution is 2.22. The summed E-state index contributed by atoms with van der Waals surface area (Å²) < 4.78 is 26.9. The fourth-order valence-corrected chi connectivity index (χ4v) is 4.57. The summed E-state index contributed by atoms with van der Waals surface area (Å²) in [5.74, 6) is -0.00107. The zero-order chi connectivity index (χ0) is 15.3. The molecular weight excluding hydrogens is 286 g/mol. The Bertz CT molecular complexity index is 603. The number of hydrogen-bond acceptors (Lipinski definition) is 4. The molecule has 0 spiro atoms. The van der Waals surface area contributed by atoms with Gasteiger partial charge in [-0.2, -0.15) is 9.57 Å². The zero-order valence-corrected chi connectivity index (χ0v) is 13.1. The molecule has 0 bridgehead atoms. The smallest absolute Gasteiger partial charge is 0.218 e. The molecule has 1 N–H and O–H groups in total. The Balaban J connectivity index is 2.14. The van der Waals surface area contributed by atoms with Crippen molar-refractivity contribution < 1.29 is 8.42 Å². The second kappa shape index (κ2) is 7.03. The Labute approximate surface area is 126 Å². The van der Waals surface area contributed by atoms with Gasteiger partial charge in [-0.15, -0.1) is 0 Å². The molecule has 1 heterocycles. The summed E-state index contributed by atoms with van der Waals surface area (Å²) in [6.07, 6.45) is 2.91. The lowest BCUT2D eigenvalue weighted by Crippen LogP contribution is -2.48. The van der Waals surface area contributed by atoms with E-state index in [4.69, 9.17) is 5.26 Å². The average Bonchev–Trinajstić information content (AvgIpc) is 2.48. The first kappa shape index (κ1) is 16.0. The van der Waals surface area contributed by atoms with Crippen LogP contribution in [0.4, 0.5) is 0 Å². The minimum Gasteiger partial charge on any atom is -0.318 e. The van der Waals surface area contributed by atoms with E-state index in [9.17, 15) is 8.42 Å². The molecule has 0 radical (unpaired) electrons. The van der Waals surface area contributed by atoms with E-state index in [0.717, 1.165) is 24.8 Å². The van der Waals surface area contributed by atoms with E-state index in [0.29, 0.717) is 18.7 Å². The largest absolute Gasteiger partial charge is 0.318 e. The first-order valence-electron chi connectivity index (χ1n) is 7.20. The van der Waals surface area contributed by atoms with Crippen LogP contribution in [0, 0.1) is 11.3 Å². The third-order valence-electron chi connectivity index (χ3n) is 3.80. The molecule has 1 fully saturated rings. The molecule has 1 aromatic rings. The Hall–Kier alpha value is -1.42. The first-order chi connectivity index (χ1) is 10.1. The lowest BCUT2D eigenvalue weighted by Gasteiger charge is -2.34. The molecule has 1 atom stereocenters. The Morgan fingerprint density at radius 1 is 1.33 bits per heavy atom. The number of piperidine rings is 1. The third kappa shape index (κ3) is 4.03. The Morgan fingerprint density at radius 3 is 2.67 bits per heavy atom. The van der Waals surface area contributed by atoms with Gasteiger partial charge in [-0.3, -0.25) is 0 Å². The van der Waals surface area contributed by atoms with Crippen molar-refractivity contribution in [3.8, 4) is 6.07 Å². The van der Waals surface area contributed by atoms with Crippen LogP contribution in [0.5, 0.6) is 0 Å². The van der Waals surface area contributed by atoms with E-state index >= 15 is 0 Å². The van der Waals surface area contributed by atoms with E-state index < -0.39 is 10.0 Å². The third-order valence-corrected chi connectivity index (χ3v) is 5.70. The number of sulfonamides is 1. The van der Waals surface area contributed by atoms with Crippen LogP contribution in [0.2, 0.25) is 0 Å². The van der Waals surface area contributed by atoms with Crippen molar-refractivity contribution in [3.05, 3.63) is 35.4 Å². The van der Waals surface area contributed by atoms with Gasteiger partial charge in [0.25, 0.3) is 0 Å². The van der Waals surface area contributed by atoms with Crippen LogP contribution in [0.3, 0.4) is 0 Å². The maximum atomic E-state index is 12.6. The number of likely N-dealkylation sites (N-methyl/N-ethyl adjacent to an activating group) is 1. The van der Waals surface area contributed by atoms with Crippen molar-refractivity contribution in [2.24, 2.45) is 0 Å². The SMILES string of the molecule is CNCC1CCCCN1S(=O)(=O)Cc1ccc(C#N)cc1. The van der Waals surface area contributed by atoms with E-state index in [1.165, 1.54) is 0 Å². The standard InChI is InChI=1S/C15H21N3O2S/c1-17-11-15-4-2-3-9-18(15)21(19,20)12-14-7-5-13(10-16)6-8-14/h5-8,15,17H,2-4,9,11-12H2,1H3. The summed E-state index contributed by atoms with van der Waals surface area (Å²) in [7, 11) is -1.47. The first-order valence-corrected chi connectivity index (χ1v) is 8.81. The summed E-state index contributed by atoms with van der Waals surface area (Å²) in [6.45, 7) is 1.29. The second-order valence-electron chi connectivity index (χ2n) is 5.38. The van der Waals surface area contributed by atoms with Crippen LogP contribution in [0.25, 0.3) is 0 Å². The van der Waals surface area contributed by atoms with Gasteiger partial charge in [0.15, 0.2) is 0 Å². The van der Waals surface area contributed by atoms with E-state index in [2.05, 4.69) is 5.32 Å². The predicted molar refractivity (Wildman–Crippen MR) is 82.1 cm³/mol. The summed E-state index contributed by atoms with van der Waals surface area (Å²) in [5.41, 5.74) is 1.27. The van der Waals surface area contributed by atoms with Crippen molar-refractivity contribution in [3.63, 3.8) is 0 Å². The van der Waals surface area contributed by atoms with E-state index in [1.807, 2.05) is 13.1 Å².